The molecule has 38 heteroatoms. The van der Waals surface area contributed by atoms with Gasteiger partial charge in [-0.15, -0.1) is 0 Å². The van der Waals surface area contributed by atoms with Gasteiger partial charge >= 0.3 is 35.8 Å². The Balaban J connectivity index is 1.48. The molecule has 1 aromatic rings. The number of aryl methyl sites for hydroxylation is 1. The number of aromatic nitrogens is 2. The number of unbranched alkanes of at least 4 members (excludes halogenated alkanes) is 14. The normalized spacial score (nSPS) is 13.7. The van der Waals surface area contributed by atoms with Gasteiger partial charge in [-0.05, 0) is 90.4 Å². The predicted octanol–water partition coefficient (Wildman–Crippen LogP) is 5.67. The van der Waals surface area contributed by atoms with Crippen LogP contribution in [0.2, 0.25) is 0 Å². The maximum absolute atomic E-state index is 13.3. The lowest BCUT2D eigenvalue weighted by Crippen LogP contribution is -2.47. The van der Waals surface area contributed by atoms with Crippen LogP contribution in [0, 0.1) is 29.1 Å². The van der Waals surface area contributed by atoms with Crippen LogP contribution in [-0.4, -0.2) is 257 Å². The Bertz CT molecular complexity index is 3350. The highest BCUT2D eigenvalue weighted by Gasteiger charge is 2.45. The van der Waals surface area contributed by atoms with Gasteiger partial charge in [0.25, 0.3) is 0 Å². The molecule has 1 heterocycles. The summed E-state index contributed by atoms with van der Waals surface area (Å²) in [7, 11) is 0. The number of carboxylic acids is 6. The standard InChI is InChI=1S/C83H132N8O30/c1-58(92)69(88-53-71(98)83(34-18-35-83)51-65(94)27-26-63-52-84-57-89-63)20-16-17-36-85-72(99)29-22-60(79(108)109)48-66(95)54-118-43-41-116-39-37-86-73(100)30-23-61(80(110)111)49-67(96)55-119-44-42-117-40-38-87-74(101)31-24-62(81(112)113)50-68(97)56-120-45-46-121-91-76(103)33-28-70(82(114)115)90-75(102)32-25-59(78(106)107)47-64(93)19-14-12-10-8-6-4-2-3-5-7-9-11-13-15-21-77(104)105/h52,57,59-62,69-70,88H,2-51,53-56H2,1H3,(H,84,89)(H,85,99)(H,86,100)(H,87,101)(H,90,102)(H,91,103)(H,104,105)(H,106,107)(H,108,109)(H,110,111)(H,112,113)(H,114,115)/t59-,60-,61-,62-,69+,70+/m1/s1. The van der Waals surface area contributed by atoms with E-state index < -0.39 is 163 Å². The monoisotopic (exact) mass is 1720 g/mol. The first-order valence-corrected chi connectivity index (χ1v) is 42.5. The Morgan fingerprint density at radius 1 is 0.405 bits per heavy atom. The van der Waals surface area contributed by atoms with Gasteiger partial charge in [-0.2, -0.15) is 0 Å². The number of nitrogens with zero attached hydrogens (tertiary/aromatic N) is 1. The summed E-state index contributed by atoms with van der Waals surface area (Å²) in [6.07, 6.45) is 18.5. The van der Waals surface area contributed by atoms with Crippen LogP contribution in [0.15, 0.2) is 12.5 Å². The Kier molecular flexibility index (Phi) is 59.2. The van der Waals surface area contributed by atoms with E-state index in [9.17, 15) is 112 Å². The lowest BCUT2D eigenvalue weighted by molar-refractivity contribution is -0.145. The summed E-state index contributed by atoms with van der Waals surface area (Å²) in [5.41, 5.74) is 2.20. The third kappa shape index (κ3) is 55.4. The fourth-order valence-electron chi connectivity index (χ4n) is 13.3. The molecule has 0 bridgehead atoms. The topological polar surface area (TPSA) is 585 Å². The fourth-order valence-corrected chi connectivity index (χ4v) is 13.3. The molecule has 2 rings (SSSR count). The van der Waals surface area contributed by atoms with E-state index in [2.05, 4.69) is 42.0 Å². The van der Waals surface area contributed by atoms with Crippen LogP contribution in [-0.2, 0) is 121 Å². The van der Waals surface area contributed by atoms with Crippen LogP contribution in [0.4, 0.5) is 0 Å². The van der Waals surface area contributed by atoms with Crippen molar-refractivity contribution in [3.05, 3.63) is 18.2 Å². The first-order valence-electron chi connectivity index (χ1n) is 42.5. The largest absolute Gasteiger partial charge is 0.481 e. The van der Waals surface area contributed by atoms with Crippen molar-refractivity contribution in [2.75, 3.05) is 98.9 Å². The molecule has 0 saturated heterocycles. The molecule has 0 aromatic carbocycles. The first-order chi connectivity index (χ1) is 57.9. The zero-order chi connectivity index (χ0) is 89.4. The summed E-state index contributed by atoms with van der Waals surface area (Å²) in [5.74, 6) is -17.1. The van der Waals surface area contributed by atoms with E-state index in [-0.39, 0.29) is 192 Å². The first kappa shape index (κ1) is 108. The summed E-state index contributed by atoms with van der Waals surface area (Å²) < 4.78 is 26.6. The predicted molar refractivity (Wildman–Crippen MR) is 432 cm³/mol. The maximum Gasteiger partial charge on any atom is 0.326 e. The average Bonchev–Trinajstić information content (AvgIpc) is 1.11. The summed E-state index contributed by atoms with van der Waals surface area (Å²) in [6, 6.07) is -2.09. The number of carbonyl (C=O) groups excluding carboxylic acids is 12. The molecule has 13 N–H and O–H groups in total. The van der Waals surface area contributed by atoms with Gasteiger partial charge in [0.1, 0.15) is 43.2 Å². The summed E-state index contributed by atoms with van der Waals surface area (Å²) in [5, 5.41) is 70.3. The second-order valence-electron chi connectivity index (χ2n) is 30.8. The smallest absolute Gasteiger partial charge is 0.326 e. The fraction of sp³-hybridized carbons (Fsp3) is 0.747. The van der Waals surface area contributed by atoms with Gasteiger partial charge in [-0.3, -0.25) is 86.3 Å². The average molecular weight is 1720 g/mol. The van der Waals surface area contributed by atoms with Gasteiger partial charge in [0, 0.05) is 120 Å². The van der Waals surface area contributed by atoms with Crippen LogP contribution < -0.4 is 32.1 Å². The number of ketones is 7. The minimum atomic E-state index is -1.51. The van der Waals surface area contributed by atoms with E-state index in [0.29, 0.717) is 51.4 Å². The van der Waals surface area contributed by atoms with Crippen LogP contribution in [0.1, 0.15) is 257 Å². The third-order valence-electron chi connectivity index (χ3n) is 20.7. The van der Waals surface area contributed by atoms with Gasteiger partial charge in [-0.25, -0.2) is 15.3 Å². The molecule has 684 valence electrons. The number of aromatic amines is 1. The van der Waals surface area contributed by atoms with E-state index in [1.807, 2.05) is 0 Å². The van der Waals surface area contributed by atoms with Gasteiger partial charge < -0.3 is 85.9 Å². The quantitative estimate of drug-likeness (QED) is 0.0276. The molecule has 0 radical (unpaired) electrons. The molecule has 1 fully saturated rings. The van der Waals surface area contributed by atoms with E-state index >= 15 is 0 Å². The number of H-pyrrole nitrogens is 1. The molecule has 0 aliphatic heterocycles. The highest BCUT2D eigenvalue weighted by atomic mass is 16.7. The molecule has 1 aliphatic rings. The van der Waals surface area contributed by atoms with E-state index in [4.69, 9.17) is 33.6 Å². The van der Waals surface area contributed by atoms with Crippen LogP contribution >= 0.6 is 0 Å². The Labute approximate surface area is 706 Å². The molecule has 1 aromatic heterocycles. The van der Waals surface area contributed by atoms with Crippen LogP contribution in [0.25, 0.3) is 0 Å². The molecule has 121 heavy (non-hydrogen) atoms. The molecular formula is C83H132N8O30. The minimum absolute atomic E-state index is 0.00419. The summed E-state index contributed by atoms with van der Waals surface area (Å²) in [4.78, 5) is 233. The van der Waals surface area contributed by atoms with Crippen molar-refractivity contribution in [2.45, 2.75) is 269 Å². The molecule has 0 spiro atoms. The molecule has 5 amide bonds. The number of carboxylic acid groups (broad SMARTS) is 6. The van der Waals surface area contributed by atoms with Gasteiger partial charge in [-0.1, -0.05) is 83.5 Å². The van der Waals surface area contributed by atoms with Crippen molar-refractivity contribution in [1.82, 2.24) is 42.0 Å². The van der Waals surface area contributed by atoms with E-state index in [1.165, 1.54) is 19.8 Å². The number of hydroxylamine groups is 1. The zero-order valence-corrected chi connectivity index (χ0v) is 70.2. The zero-order valence-electron chi connectivity index (χ0n) is 70.2. The van der Waals surface area contributed by atoms with Crippen molar-refractivity contribution in [2.24, 2.45) is 29.1 Å². The Morgan fingerprint density at radius 3 is 1.23 bits per heavy atom. The number of ether oxygens (including phenoxy) is 5. The van der Waals surface area contributed by atoms with Gasteiger partial charge in [0.2, 0.25) is 29.5 Å². The number of aliphatic carboxylic acids is 6. The molecule has 0 unspecified atom stereocenters. The molecule has 1 aliphatic carbocycles. The van der Waals surface area contributed by atoms with Crippen molar-refractivity contribution < 1.29 is 145 Å². The number of hydrogen-bond donors (Lipinski definition) is 13. The lowest BCUT2D eigenvalue weighted by Gasteiger charge is -2.40. The number of nitrogens with one attached hydrogen (secondary N) is 7. The number of amides is 5. The number of Topliss-reactive ketones (excluding diaryl/α,β-unsaturated/α-hetero) is 7. The molecule has 1 saturated carbocycles. The summed E-state index contributed by atoms with van der Waals surface area (Å²) >= 11 is 0. The van der Waals surface area contributed by atoms with Crippen LogP contribution in [0.3, 0.4) is 0 Å². The number of rotatable bonds is 83. The number of hydrogen-bond acceptors (Lipinski definition) is 26. The highest BCUT2D eigenvalue weighted by Crippen LogP contribution is 2.45. The number of imidazole rings is 1. The molecule has 6 atom stereocenters. The number of carbonyl (C=O) groups is 18. The van der Waals surface area contributed by atoms with Crippen molar-refractivity contribution >= 4 is 106 Å². The SMILES string of the molecule is CC(=O)[C@H](CCCCNC(=O)CC[C@H](CC(=O)COCCOCCNC(=O)CC[C@H](CC(=O)COCCOCCNC(=O)CC[C@H](CC(=O)COCCONC(=O)CC[C@H](NC(=O)CC[C@H](CC(=O)CCCCCCCCCCCCCCCCC(=O)O)C(=O)O)C(=O)O)C(=O)O)C(=O)O)C(=O)O)NCC(=O)C1(CC(=O)CCc2cnc[nH]2)CCC1. The minimum Gasteiger partial charge on any atom is -0.481 e. The Hall–Kier alpha value is -9.21. The molecular weight excluding hydrogens is 1590 g/mol. The van der Waals surface area contributed by atoms with Crippen molar-refractivity contribution in [3.63, 3.8) is 0 Å². The third-order valence-corrected chi connectivity index (χ3v) is 20.7. The van der Waals surface area contributed by atoms with E-state index in [0.717, 1.165) is 82.7 Å². The van der Waals surface area contributed by atoms with Crippen molar-refractivity contribution in [3.8, 4) is 0 Å². The highest BCUT2D eigenvalue weighted by molar-refractivity contribution is 5.94. The van der Waals surface area contributed by atoms with Crippen LogP contribution in [0.5, 0.6) is 0 Å². The summed E-state index contributed by atoms with van der Waals surface area (Å²) in [6.45, 7) is -0.214. The maximum atomic E-state index is 13.3. The lowest BCUT2D eigenvalue weighted by atomic mass is 9.63. The molecule has 38 nitrogen and oxygen atoms in total. The van der Waals surface area contributed by atoms with Gasteiger partial charge in [0.15, 0.2) is 23.1 Å². The Morgan fingerprint density at radius 2 is 0.818 bits per heavy atom. The second kappa shape index (κ2) is 66.4. The van der Waals surface area contributed by atoms with Gasteiger partial charge in [0.05, 0.1) is 95.4 Å². The van der Waals surface area contributed by atoms with E-state index in [1.54, 1.807) is 12.5 Å². The van der Waals surface area contributed by atoms with Crippen molar-refractivity contribution in [1.29, 1.82) is 0 Å². The second-order valence-corrected chi connectivity index (χ2v) is 30.8.